The molecule has 39 heavy (non-hydrogen) atoms. The number of rotatable bonds is 4. The van der Waals surface area contributed by atoms with Crippen LogP contribution in [0.1, 0.15) is 42.3 Å². The van der Waals surface area contributed by atoms with Crippen molar-refractivity contribution in [3.63, 3.8) is 0 Å². The maximum atomic E-state index is 14.7. The fourth-order valence-electron chi connectivity index (χ4n) is 6.53. The molecule has 3 heterocycles. The Hall–Kier alpha value is -3.90. The van der Waals surface area contributed by atoms with Crippen LogP contribution in [0.2, 0.25) is 5.02 Å². The maximum Gasteiger partial charge on any atom is 0.238 e. The number of Topliss-reactive ketones (excluding diaryl/α,β-unsaturated/α-hetero) is 2. The largest absolute Gasteiger partial charge is 0.497 e. The third-order valence-corrected chi connectivity index (χ3v) is 8.49. The van der Waals surface area contributed by atoms with Gasteiger partial charge in [0.15, 0.2) is 11.6 Å². The van der Waals surface area contributed by atoms with E-state index < -0.39 is 28.8 Å². The quantitative estimate of drug-likeness (QED) is 0.415. The van der Waals surface area contributed by atoms with Gasteiger partial charge in [0.05, 0.1) is 19.1 Å². The number of amides is 1. The molecule has 198 valence electrons. The number of ketones is 2. The summed E-state index contributed by atoms with van der Waals surface area (Å²) < 4.78 is 5.30. The van der Waals surface area contributed by atoms with Crippen molar-refractivity contribution in [2.75, 3.05) is 17.3 Å². The predicted molar refractivity (Wildman–Crippen MR) is 153 cm³/mol. The number of nitrogens with zero attached hydrogens (tertiary/aromatic N) is 1. The van der Waals surface area contributed by atoms with Crippen LogP contribution in [0, 0.1) is 11.3 Å². The second kappa shape index (κ2) is 8.82. The summed E-state index contributed by atoms with van der Waals surface area (Å²) in [6.07, 6.45) is 3.89. The third-order valence-electron chi connectivity index (χ3n) is 8.26. The van der Waals surface area contributed by atoms with Crippen LogP contribution in [0.25, 0.3) is 6.08 Å². The van der Waals surface area contributed by atoms with Crippen LogP contribution < -0.4 is 15.0 Å². The van der Waals surface area contributed by atoms with Crippen molar-refractivity contribution < 1.29 is 19.1 Å². The number of nitrogens with one attached hydrogen (secondary N) is 1. The summed E-state index contributed by atoms with van der Waals surface area (Å²) in [5.74, 6) is -1.02. The topological polar surface area (TPSA) is 75.7 Å². The molecule has 6 rings (SSSR count). The molecule has 0 aliphatic carbocycles. The number of carbonyl (C=O) groups excluding carboxylic acids is 3. The average molecular weight is 541 g/mol. The van der Waals surface area contributed by atoms with Crippen LogP contribution in [0.4, 0.5) is 11.4 Å². The van der Waals surface area contributed by atoms with E-state index in [0.717, 1.165) is 16.8 Å². The highest BCUT2D eigenvalue weighted by atomic mass is 35.5. The van der Waals surface area contributed by atoms with Crippen LogP contribution in [-0.2, 0) is 15.0 Å². The number of ether oxygens (including phenoxy) is 1. The lowest BCUT2D eigenvalue weighted by Crippen LogP contribution is -2.51. The van der Waals surface area contributed by atoms with E-state index >= 15 is 0 Å². The van der Waals surface area contributed by atoms with Crippen molar-refractivity contribution in [3.05, 3.63) is 94.5 Å². The van der Waals surface area contributed by atoms with E-state index in [1.165, 1.54) is 0 Å². The monoisotopic (exact) mass is 540 g/mol. The Morgan fingerprint density at radius 1 is 1.03 bits per heavy atom. The first-order chi connectivity index (χ1) is 18.6. The van der Waals surface area contributed by atoms with E-state index in [4.69, 9.17) is 16.3 Å². The first kappa shape index (κ1) is 25.4. The smallest absolute Gasteiger partial charge is 0.238 e. The molecule has 7 heteroatoms. The molecule has 3 aromatic carbocycles. The lowest BCUT2D eigenvalue weighted by molar-refractivity contribution is -0.128. The molecule has 4 atom stereocenters. The maximum absolute atomic E-state index is 14.7. The third kappa shape index (κ3) is 3.58. The van der Waals surface area contributed by atoms with Gasteiger partial charge < -0.3 is 15.0 Å². The highest BCUT2D eigenvalue weighted by Gasteiger charge is 2.70. The van der Waals surface area contributed by atoms with E-state index in [9.17, 15) is 14.4 Å². The predicted octanol–water partition coefficient (Wildman–Crippen LogP) is 5.94. The summed E-state index contributed by atoms with van der Waals surface area (Å²) in [7, 11) is 1.56. The minimum Gasteiger partial charge on any atom is -0.497 e. The molecule has 1 spiro atoms. The Morgan fingerprint density at radius 2 is 1.74 bits per heavy atom. The van der Waals surface area contributed by atoms with E-state index in [0.29, 0.717) is 22.0 Å². The highest BCUT2D eigenvalue weighted by Crippen LogP contribution is 2.58. The number of hydrogen-bond donors (Lipinski definition) is 1. The number of para-hydroxylation sites is 1. The van der Waals surface area contributed by atoms with Crippen LogP contribution in [-0.4, -0.2) is 36.7 Å². The van der Waals surface area contributed by atoms with Crippen molar-refractivity contribution in [1.29, 1.82) is 0 Å². The normalized spacial score (nSPS) is 24.7. The van der Waals surface area contributed by atoms with Crippen molar-refractivity contribution in [2.45, 2.75) is 38.3 Å². The molecule has 0 unspecified atom stereocenters. The number of benzene rings is 3. The number of carbonyl (C=O) groups is 3. The molecular formula is C32H29ClN2O4. The van der Waals surface area contributed by atoms with E-state index in [1.807, 2.05) is 74.2 Å². The van der Waals surface area contributed by atoms with Gasteiger partial charge in [-0.15, -0.1) is 0 Å². The lowest BCUT2D eigenvalue weighted by Gasteiger charge is -2.38. The molecule has 0 saturated carbocycles. The molecule has 1 N–H and O–H groups in total. The second-order valence-electron chi connectivity index (χ2n) is 11.4. The molecule has 1 saturated heterocycles. The van der Waals surface area contributed by atoms with Gasteiger partial charge in [0.1, 0.15) is 17.2 Å². The molecule has 6 nitrogen and oxygen atoms in total. The van der Waals surface area contributed by atoms with Crippen molar-refractivity contribution in [2.24, 2.45) is 11.3 Å². The molecule has 3 aliphatic rings. The summed E-state index contributed by atoms with van der Waals surface area (Å²) >= 11 is 6.34. The van der Waals surface area contributed by atoms with Gasteiger partial charge in [0.25, 0.3) is 0 Å². The zero-order valence-electron chi connectivity index (χ0n) is 22.2. The van der Waals surface area contributed by atoms with Gasteiger partial charge >= 0.3 is 0 Å². The van der Waals surface area contributed by atoms with E-state index in [-0.39, 0.29) is 17.5 Å². The summed E-state index contributed by atoms with van der Waals surface area (Å²) in [6.45, 7) is 5.57. The number of halogens is 1. The molecule has 1 amide bonds. The van der Waals surface area contributed by atoms with Crippen molar-refractivity contribution in [3.8, 4) is 5.75 Å². The number of anilines is 2. The Balaban J connectivity index is 1.66. The summed E-state index contributed by atoms with van der Waals surface area (Å²) in [5, 5.41) is 3.61. The summed E-state index contributed by atoms with van der Waals surface area (Å²) in [4.78, 5) is 45.3. The van der Waals surface area contributed by atoms with Gasteiger partial charge in [-0.3, -0.25) is 14.4 Å². The van der Waals surface area contributed by atoms with E-state index in [2.05, 4.69) is 5.32 Å². The fraction of sp³-hybridized carbons (Fsp3) is 0.281. The zero-order chi connectivity index (χ0) is 27.7. The lowest BCUT2D eigenvalue weighted by atomic mass is 9.63. The number of hydrogen-bond acceptors (Lipinski definition) is 5. The van der Waals surface area contributed by atoms with Crippen LogP contribution in [0.5, 0.6) is 5.75 Å². The SMILES string of the molecule is COc1ccc(C(=O)[C@@H]2[C@H](C(=O)C(C)(C)C)N3c4ccc(Cl)cc4C=C[C@@H]3[C@]23C(=O)Nc2ccccc23)cc1. The van der Waals surface area contributed by atoms with Gasteiger partial charge in [-0.05, 0) is 59.7 Å². The second-order valence-corrected chi connectivity index (χ2v) is 11.8. The van der Waals surface area contributed by atoms with Gasteiger partial charge in [-0.1, -0.05) is 62.7 Å². The first-order valence-corrected chi connectivity index (χ1v) is 13.4. The minimum absolute atomic E-state index is 0.107. The van der Waals surface area contributed by atoms with Gasteiger partial charge in [0.2, 0.25) is 5.91 Å². The molecule has 0 radical (unpaired) electrons. The van der Waals surface area contributed by atoms with Gasteiger partial charge in [-0.2, -0.15) is 0 Å². The van der Waals surface area contributed by atoms with E-state index in [1.54, 1.807) is 37.4 Å². The molecule has 0 aromatic heterocycles. The zero-order valence-corrected chi connectivity index (χ0v) is 23.0. The molecule has 0 bridgehead atoms. The van der Waals surface area contributed by atoms with Gasteiger partial charge in [-0.25, -0.2) is 0 Å². The van der Waals surface area contributed by atoms with Gasteiger partial charge in [0, 0.05) is 27.4 Å². The molecular weight excluding hydrogens is 512 g/mol. The summed E-state index contributed by atoms with van der Waals surface area (Å²) in [6, 6.07) is 18.4. The van der Waals surface area contributed by atoms with Crippen molar-refractivity contribution >= 4 is 46.5 Å². The van der Waals surface area contributed by atoms with Crippen molar-refractivity contribution in [1.82, 2.24) is 0 Å². The standard InChI is InChI=1S/C32H29ClN2O4/c1-31(2,3)29(37)27-26(28(36)18-9-13-21(39-4)14-10-18)32(22-7-5-6-8-23(22)34-30(32)38)25-16-11-19-17-20(33)12-15-24(19)35(25)27/h5-17,25-27H,1-4H3,(H,34,38)/t25-,26+,27-,32+/m1/s1. The Morgan fingerprint density at radius 3 is 2.44 bits per heavy atom. The Labute approximate surface area is 232 Å². The number of fused-ring (bicyclic) bond motifs is 6. The average Bonchev–Trinajstić information content (AvgIpc) is 3.39. The van der Waals surface area contributed by atoms with Crippen LogP contribution in [0.3, 0.4) is 0 Å². The first-order valence-electron chi connectivity index (χ1n) is 13.0. The molecule has 3 aliphatic heterocycles. The minimum atomic E-state index is -1.33. The molecule has 1 fully saturated rings. The Bertz CT molecular complexity index is 1560. The van der Waals surface area contributed by atoms with Crippen LogP contribution in [0.15, 0.2) is 72.8 Å². The van der Waals surface area contributed by atoms with Crippen LogP contribution >= 0.6 is 11.6 Å². The fourth-order valence-corrected chi connectivity index (χ4v) is 6.71. The molecule has 3 aromatic rings. The summed E-state index contributed by atoms with van der Waals surface area (Å²) in [5.41, 5.74) is 1.32. The Kier molecular flexibility index (Phi) is 5.74. The number of methoxy groups -OCH3 is 1. The highest BCUT2D eigenvalue weighted by molar-refractivity contribution is 6.31.